The van der Waals surface area contributed by atoms with Crippen molar-refractivity contribution in [2.45, 2.75) is 51.5 Å². The fourth-order valence-electron chi connectivity index (χ4n) is 2.69. The molecule has 2 heteroatoms. The van der Waals surface area contributed by atoms with Crippen LogP contribution in [-0.4, -0.2) is 7.11 Å². The number of hydrogen-bond acceptors (Lipinski definition) is 2. The molecule has 0 unspecified atom stereocenters. The molecular formula is C15H23NO. The molecule has 1 aromatic carbocycles. The van der Waals surface area contributed by atoms with Crippen molar-refractivity contribution in [1.29, 1.82) is 0 Å². The minimum atomic E-state index is -0.0833. The van der Waals surface area contributed by atoms with Crippen molar-refractivity contribution >= 4 is 0 Å². The monoisotopic (exact) mass is 233 g/mol. The highest BCUT2D eigenvalue weighted by molar-refractivity contribution is 5.47. The van der Waals surface area contributed by atoms with E-state index in [1.807, 2.05) is 0 Å². The first-order chi connectivity index (χ1) is 7.98. The molecular weight excluding hydrogens is 210 g/mol. The second kappa shape index (κ2) is 4.34. The standard InChI is InChI=1S/C15H23NO/c1-10(2)12-9-13(15(16)6-5-7-15)11(3)8-14(12)17-4/h8-10H,5-7,16H2,1-4H3. The summed E-state index contributed by atoms with van der Waals surface area (Å²) in [6.07, 6.45) is 3.47. The van der Waals surface area contributed by atoms with Crippen LogP contribution < -0.4 is 10.5 Å². The van der Waals surface area contributed by atoms with Crippen LogP contribution in [0.5, 0.6) is 5.75 Å². The lowest BCUT2D eigenvalue weighted by molar-refractivity contribution is 0.252. The topological polar surface area (TPSA) is 35.2 Å². The van der Waals surface area contributed by atoms with E-state index in [4.69, 9.17) is 10.5 Å². The zero-order valence-corrected chi connectivity index (χ0v) is 11.3. The zero-order valence-electron chi connectivity index (χ0n) is 11.3. The summed E-state index contributed by atoms with van der Waals surface area (Å²) in [4.78, 5) is 0. The van der Waals surface area contributed by atoms with Crippen molar-refractivity contribution in [2.24, 2.45) is 5.73 Å². The molecule has 0 bridgehead atoms. The molecule has 2 nitrogen and oxygen atoms in total. The Balaban J connectivity index is 2.50. The first kappa shape index (κ1) is 12.4. The molecule has 1 fully saturated rings. The normalized spacial score (nSPS) is 18.0. The zero-order chi connectivity index (χ0) is 12.6. The first-order valence-corrected chi connectivity index (χ1v) is 6.46. The van der Waals surface area contributed by atoms with Crippen molar-refractivity contribution in [3.8, 4) is 5.75 Å². The molecule has 2 N–H and O–H groups in total. The van der Waals surface area contributed by atoms with E-state index < -0.39 is 0 Å². The highest BCUT2D eigenvalue weighted by atomic mass is 16.5. The maximum atomic E-state index is 6.44. The fraction of sp³-hybridized carbons (Fsp3) is 0.600. The Morgan fingerprint density at radius 1 is 1.29 bits per heavy atom. The number of benzene rings is 1. The van der Waals surface area contributed by atoms with Gasteiger partial charge in [-0.3, -0.25) is 0 Å². The van der Waals surface area contributed by atoms with Crippen molar-refractivity contribution in [3.05, 3.63) is 28.8 Å². The summed E-state index contributed by atoms with van der Waals surface area (Å²) >= 11 is 0. The lowest BCUT2D eigenvalue weighted by atomic mass is 9.70. The van der Waals surface area contributed by atoms with E-state index >= 15 is 0 Å². The van der Waals surface area contributed by atoms with Gasteiger partial charge in [0.05, 0.1) is 7.11 Å². The molecule has 0 amide bonds. The van der Waals surface area contributed by atoms with Crippen molar-refractivity contribution in [1.82, 2.24) is 0 Å². The molecule has 0 heterocycles. The smallest absolute Gasteiger partial charge is 0.122 e. The van der Waals surface area contributed by atoms with Gasteiger partial charge in [-0.05, 0) is 60.9 Å². The molecule has 0 atom stereocenters. The van der Waals surface area contributed by atoms with Gasteiger partial charge in [-0.25, -0.2) is 0 Å². The van der Waals surface area contributed by atoms with Crippen molar-refractivity contribution < 1.29 is 4.74 Å². The van der Waals surface area contributed by atoms with Gasteiger partial charge in [-0.15, -0.1) is 0 Å². The number of ether oxygens (including phenoxy) is 1. The quantitative estimate of drug-likeness (QED) is 0.867. The maximum Gasteiger partial charge on any atom is 0.122 e. The number of nitrogens with two attached hydrogens (primary N) is 1. The second-order valence-electron chi connectivity index (χ2n) is 5.57. The molecule has 0 aliphatic heterocycles. The third-order valence-electron chi connectivity index (χ3n) is 3.98. The Kier molecular flexibility index (Phi) is 3.17. The summed E-state index contributed by atoms with van der Waals surface area (Å²) in [6.45, 7) is 6.52. The van der Waals surface area contributed by atoms with Crippen LogP contribution in [0.15, 0.2) is 12.1 Å². The largest absolute Gasteiger partial charge is 0.496 e. The summed E-state index contributed by atoms with van der Waals surface area (Å²) < 4.78 is 5.47. The van der Waals surface area contributed by atoms with Crippen molar-refractivity contribution in [2.75, 3.05) is 7.11 Å². The Morgan fingerprint density at radius 3 is 2.35 bits per heavy atom. The molecule has 1 saturated carbocycles. The highest BCUT2D eigenvalue weighted by Crippen LogP contribution is 2.42. The van der Waals surface area contributed by atoms with Gasteiger partial charge in [0.15, 0.2) is 0 Å². The molecule has 2 rings (SSSR count). The van der Waals surface area contributed by atoms with Gasteiger partial charge in [-0.1, -0.05) is 13.8 Å². The van der Waals surface area contributed by atoms with E-state index in [1.54, 1.807) is 7.11 Å². The molecule has 94 valence electrons. The Morgan fingerprint density at radius 2 is 1.94 bits per heavy atom. The van der Waals surface area contributed by atoms with E-state index in [-0.39, 0.29) is 5.54 Å². The SMILES string of the molecule is COc1cc(C)c(C2(N)CCC2)cc1C(C)C. The van der Waals surface area contributed by atoms with E-state index in [0.717, 1.165) is 18.6 Å². The third kappa shape index (κ3) is 2.06. The molecule has 0 radical (unpaired) electrons. The van der Waals surface area contributed by atoms with E-state index in [2.05, 4.69) is 32.9 Å². The van der Waals surface area contributed by atoms with Crippen LogP contribution in [0, 0.1) is 6.92 Å². The van der Waals surface area contributed by atoms with Crippen LogP contribution in [-0.2, 0) is 5.54 Å². The second-order valence-corrected chi connectivity index (χ2v) is 5.57. The van der Waals surface area contributed by atoms with Gasteiger partial charge in [-0.2, -0.15) is 0 Å². The van der Waals surface area contributed by atoms with Crippen LogP contribution in [0.1, 0.15) is 55.7 Å². The lowest BCUT2D eigenvalue weighted by Crippen LogP contribution is -2.43. The third-order valence-corrected chi connectivity index (χ3v) is 3.98. The van der Waals surface area contributed by atoms with E-state index in [9.17, 15) is 0 Å². The Bertz CT molecular complexity index is 419. The summed E-state index contributed by atoms with van der Waals surface area (Å²) in [5.74, 6) is 1.46. The van der Waals surface area contributed by atoms with Crippen LogP contribution in [0.4, 0.5) is 0 Å². The van der Waals surface area contributed by atoms with Gasteiger partial charge < -0.3 is 10.5 Å². The lowest BCUT2D eigenvalue weighted by Gasteiger charge is -2.40. The van der Waals surface area contributed by atoms with Gasteiger partial charge in [0.1, 0.15) is 5.75 Å². The highest BCUT2D eigenvalue weighted by Gasteiger charge is 2.36. The van der Waals surface area contributed by atoms with E-state index in [0.29, 0.717) is 5.92 Å². The van der Waals surface area contributed by atoms with Gasteiger partial charge in [0.2, 0.25) is 0 Å². The molecule has 17 heavy (non-hydrogen) atoms. The summed E-state index contributed by atoms with van der Waals surface area (Å²) in [5.41, 5.74) is 10.2. The van der Waals surface area contributed by atoms with Crippen LogP contribution in [0.2, 0.25) is 0 Å². The molecule has 0 spiro atoms. The average Bonchev–Trinajstić information content (AvgIpc) is 2.25. The van der Waals surface area contributed by atoms with Gasteiger partial charge >= 0.3 is 0 Å². The van der Waals surface area contributed by atoms with Crippen LogP contribution >= 0.6 is 0 Å². The van der Waals surface area contributed by atoms with Gasteiger partial charge in [0.25, 0.3) is 0 Å². The van der Waals surface area contributed by atoms with Gasteiger partial charge in [0, 0.05) is 5.54 Å². The van der Waals surface area contributed by atoms with Crippen LogP contribution in [0.25, 0.3) is 0 Å². The van der Waals surface area contributed by atoms with Crippen LogP contribution in [0.3, 0.4) is 0 Å². The number of methoxy groups -OCH3 is 1. The number of rotatable bonds is 3. The number of hydrogen-bond donors (Lipinski definition) is 1. The summed E-state index contributed by atoms with van der Waals surface area (Å²) in [7, 11) is 1.74. The predicted octanol–water partition coefficient (Wildman–Crippen LogP) is 3.46. The predicted molar refractivity (Wildman–Crippen MR) is 71.5 cm³/mol. The summed E-state index contributed by atoms with van der Waals surface area (Å²) in [6, 6.07) is 4.40. The Hall–Kier alpha value is -1.02. The molecule has 1 aliphatic rings. The fourth-order valence-corrected chi connectivity index (χ4v) is 2.69. The molecule has 1 aromatic rings. The molecule has 1 aliphatic carbocycles. The first-order valence-electron chi connectivity index (χ1n) is 6.46. The van der Waals surface area contributed by atoms with E-state index in [1.165, 1.54) is 23.1 Å². The summed E-state index contributed by atoms with van der Waals surface area (Å²) in [5, 5.41) is 0. The minimum absolute atomic E-state index is 0.0833. The molecule has 0 aromatic heterocycles. The average molecular weight is 233 g/mol. The Labute approximate surface area is 104 Å². The molecule has 0 saturated heterocycles. The minimum Gasteiger partial charge on any atom is -0.496 e. The van der Waals surface area contributed by atoms with Crippen molar-refractivity contribution in [3.63, 3.8) is 0 Å². The maximum absolute atomic E-state index is 6.44. The number of aryl methyl sites for hydroxylation is 1.